The van der Waals surface area contributed by atoms with Gasteiger partial charge in [0.2, 0.25) is 5.91 Å². The number of hydrogen-bond acceptors (Lipinski definition) is 4. The predicted molar refractivity (Wildman–Crippen MR) is 124 cm³/mol. The second kappa shape index (κ2) is 11.7. The van der Waals surface area contributed by atoms with Crippen LogP contribution in [0.1, 0.15) is 62.8 Å². The van der Waals surface area contributed by atoms with Crippen LogP contribution in [0.2, 0.25) is 0 Å². The summed E-state index contributed by atoms with van der Waals surface area (Å²) in [6.45, 7) is 9.59. The molecular formula is C23H38N4O2S. The van der Waals surface area contributed by atoms with Gasteiger partial charge >= 0.3 is 0 Å². The number of ether oxygens (including phenoxy) is 1. The summed E-state index contributed by atoms with van der Waals surface area (Å²) in [5.41, 5.74) is 1.59. The van der Waals surface area contributed by atoms with Crippen molar-refractivity contribution < 1.29 is 9.53 Å². The lowest BCUT2D eigenvalue weighted by atomic mass is 9.83. The highest BCUT2D eigenvalue weighted by Crippen LogP contribution is 2.41. The van der Waals surface area contributed by atoms with Gasteiger partial charge in [0.15, 0.2) is 5.96 Å². The van der Waals surface area contributed by atoms with Crippen LogP contribution >= 0.6 is 11.3 Å². The first-order valence-electron chi connectivity index (χ1n) is 11.6. The number of rotatable bonds is 10. The molecule has 3 rings (SSSR count). The van der Waals surface area contributed by atoms with Gasteiger partial charge in [0.25, 0.3) is 0 Å². The number of thiophene rings is 1. The van der Waals surface area contributed by atoms with Crippen molar-refractivity contribution in [2.75, 3.05) is 39.4 Å². The summed E-state index contributed by atoms with van der Waals surface area (Å²) >= 11 is 1.81. The van der Waals surface area contributed by atoms with Gasteiger partial charge in [0.1, 0.15) is 0 Å². The molecule has 0 radical (unpaired) electrons. The third-order valence-electron chi connectivity index (χ3n) is 6.35. The lowest BCUT2D eigenvalue weighted by Crippen LogP contribution is -2.41. The van der Waals surface area contributed by atoms with Crippen LogP contribution in [0.15, 0.2) is 16.4 Å². The highest BCUT2D eigenvalue weighted by Gasteiger charge is 2.33. The van der Waals surface area contributed by atoms with Crippen LogP contribution in [0.3, 0.4) is 0 Å². The van der Waals surface area contributed by atoms with Crippen LogP contribution in [0, 0.1) is 5.41 Å². The average molecular weight is 435 g/mol. The second-order valence-corrected chi connectivity index (χ2v) is 9.46. The number of carbonyl (C=O) groups excluding carboxylic acids is 1. The van der Waals surface area contributed by atoms with E-state index in [1.807, 2.05) is 4.90 Å². The van der Waals surface area contributed by atoms with E-state index in [9.17, 15) is 4.79 Å². The van der Waals surface area contributed by atoms with Crippen molar-refractivity contribution in [1.29, 1.82) is 0 Å². The molecule has 0 aromatic carbocycles. The molecule has 0 atom stereocenters. The number of fused-ring (bicyclic) bond motifs is 1. The zero-order valence-corrected chi connectivity index (χ0v) is 19.5. The number of nitrogens with zero attached hydrogens (tertiary/aromatic N) is 2. The van der Waals surface area contributed by atoms with E-state index in [0.717, 1.165) is 58.2 Å². The summed E-state index contributed by atoms with van der Waals surface area (Å²) in [6, 6.07) is 2.15. The summed E-state index contributed by atoms with van der Waals surface area (Å²) in [5, 5.41) is 8.84. The molecule has 2 heterocycles. The van der Waals surface area contributed by atoms with E-state index in [2.05, 4.69) is 35.9 Å². The summed E-state index contributed by atoms with van der Waals surface area (Å²) in [6.07, 6.45) is 7.63. The fourth-order valence-electron chi connectivity index (χ4n) is 4.54. The Hall–Kier alpha value is -1.60. The number of guanidine groups is 1. The van der Waals surface area contributed by atoms with Crippen LogP contribution < -0.4 is 10.6 Å². The average Bonchev–Trinajstić information content (AvgIpc) is 3.41. The van der Waals surface area contributed by atoms with Crippen molar-refractivity contribution >= 4 is 23.2 Å². The Bertz CT molecular complexity index is 697. The van der Waals surface area contributed by atoms with Gasteiger partial charge in [-0.1, -0.05) is 12.8 Å². The Morgan fingerprint density at radius 3 is 2.90 bits per heavy atom. The van der Waals surface area contributed by atoms with Gasteiger partial charge in [0.05, 0.1) is 0 Å². The molecule has 2 N–H and O–H groups in total. The summed E-state index contributed by atoms with van der Waals surface area (Å²) in [4.78, 5) is 21.0. The number of amides is 1. The van der Waals surface area contributed by atoms with Crippen LogP contribution in [-0.4, -0.2) is 56.2 Å². The minimum absolute atomic E-state index is 0.221. The normalized spacial score (nSPS) is 18.3. The Balaban J connectivity index is 1.47. The van der Waals surface area contributed by atoms with E-state index < -0.39 is 0 Å². The quantitative estimate of drug-likeness (QED) is 0.336. The molecule has 0 spiro atoms. The molecule has 6 nitrogen and oxygen atoms in total. The second-order valence-electron chi connectivity index (χ2n) is 8.46. The molecule has 0 unspecified atom stereocenters. The molecule has 1 saturated carbocycles. The van der Waals surface area contributed by atoms with E-state index in [0.29, 0.717) is 13.0 Å². The maximum absolute atomic E-state index is 12.6. The minimum Gasteiger partial charge on any atom is -0.382 e. The molecule has 0 saturated heterocycles. The van der Waals surface area contributed by atoms with Crippen molar-refractivity contribution in [2.45, 2.75) is 65.3 Å². The summed E-state index contributed by atoms with van der Waals surface area (Å²) in [7, 11) is 0. The molecule has 1 aromatic heterocycles. The zero-order chi connectivity index (χ0) is 21.2. The topological polar surface area (TPSA) is 66.0 Å². The summed E-state index contributed by atoms with van der Waals surface area (Å²) < 4.78 is 5.62. The van der Waals surface area contributed by atoms with Crippen molar-refractivity contribution in [1.82, 2.24) is 15.5 Å². The summed E-state index contributed by atoms with van der Waals surface area (Å²) in [5.74, 6) is 1.05. The fourth-order valence-corrected chi connectivity index (χ4v) is 5.43. The van der Waals surface area contributed by atoms with Crippen LogP contribution in [0.5, 0.6) is 0 Å². The predicted octanol–water partition coefficient (Wildman–Crippen LogP) is 3.57. The third kappa shape index (κ3) is 6.45. The highest BCUT2D eigenvalue weighted by molar-refractivity contribution is 7.10. The van der Waals surface area contributed by atoms with Crippen molar-refractivity contribution in [3.05, 3.63) is 21.9 Å². The van der Waals surface area contributed by atoms with Gasteiger partial charge in [-0.2, -0.15) is 0 Å². The molecule has 2 aliphatic rings. The molecule has 0 bridgehead atoms. The standard InChI is InChI=1S/C23H38N4O2S/c1-3-24-22(26-18-23(10-5-6-11-23)12-15-29-4-2)25-13-7-21(28)27-14-8-20-19(17-27)9-16-30-20/h9,16H,3-8,10-15,17-18H2,1-2H3,(H2,24,25,26). The number of carbonyl (C=O) groups is 1. The van der Waals surface area contributed by atoms with E-state index >= 15 is 0 Å². The Morgan fingerprint density at radius 2 is 2.13 bits per heavy atom. The zero-order valence-electron chi connectivity index (χ0n) is 18.7. The molecular weight excluding hydrogens is 396 g/mol. The van der Waals surface area contributed by atoms with E-state index in [-0.39, 0.29) is 11.3 Å². The molecule has 1 amide bonds. The Morgan fingerprint density at radius 1 is 1.30 bits per heavy atom. The highest BCUT2D eigenvalue weighted by atomic mass is 32.1. The lowest BCUT2D eigenvalue weighted by Gasteiger charge is -2.28. The Labute approximate surface area is 185 Å². The molecule has 1 aromatic rings. The number of aliphatic imine (C=N–C) groups is 1. The molecule has 1 fully saturated rings. The van der Waals surface area contributed by atoms with E-state index in [1.54, 1.807) is 11.3 Å². The van der Waals surface area contributed by atoms with Crippen LogP contribution in [0.25, 0.3) is 0 Å². The fraction of sp³-hybridized carbons (Fsp3) is 0.739. The van der Waals surface area contributed by atoms with Gasteiger partial charge in [-0.3, -0.25) is 9.79 Å². The Kier molecular flexibility index (Phi) is 9.00. The number of hydrogen-bond donors (Lipinski definition) is 2. The third-order valence-corrected chi connectivity index (χ3v) is 7.38. The first-order chi connectivity index (χ1) is 14.7. The largest absolute Gasteiger partial charge is 0.382 e. The van der Waals surface area contributed by atoms with Crippen LogP contribution in [0.4, 0.5) is 0 Å². The van der Waals surface area contributed by atoms with Gasteiger partial charge in [-0.25, -0.2) is 0 Å². The van der Waals surface area contributed by atoms with Crippen LogP contribution in [-0.2, 0) is 22.5 Å². The lowest BCUT2D eigenvalue weighted by molar-refractivity contribution is -0.131. The van der Waals surface area contributed by atoms with Gasteiger partial charge in [-0.05, 0) is 62.0 Å². The monoisotopic (exact) mass is 434 g/mol. The van der Waals surface area contributed by atoms with Gasteiger partial charge < -0.3 is 20.3 Å². The smallest absolute Gasteiger partial charge is 0.224 e. The van der Waals surface area contributed by atoms with E-state index in [1.165, 1.54) is 36.1 Å². The SMILES string of the molecule is CCNC(=NCC1(CCOCC)CCCC1)NCCC(=O)N1CCc2sccc2C1. The molecule has 168 valence electrons. The first kappa shape index (κ1) is 23.1. The van der Waals surface area contributed by atoms with Crippen molar-refractivity contribution in [3.8, 4) is 0 Å². The minimum atomic E-state index is 0.221. The van der Waals surface area contributed by atoms with Gasteiger partial charge in [0, 0.05) is 57.2 Å². The number of nitrogens with one attached hydrogen (secondary N) is 2. The molecule has 1 aliphatic heterocycles. The molecule has 7 heteroatoms. The molecule has 30 heavy (non-hydrogen) atoms. The van der Waals surface area contributed by atoms with Crippen molar-refractivity contribution in [3.63, 3.8) is 0 Å². The van der Waals surface area contributed by atoms with Gasteiger partial charge in [-0.15, -0.1) is 11.3 Å². The first-order valence-corrected chi connectivity index (χ1v) is 12.5. The maximum Gasteiger partial charge on any atom is 0.224 e. The molecule has 1 aliphatic carbocycles. The maximum atomic E-state index is 12.6. The van der Waals surface area contributed by atoms with E-state index in [4.69, 9.17) is 9.73 Å². The van der Waals surface area contributed by atoms with Crippen molar-refractivity contribution in [2.24, 2.45) is 10.4 Å².